The molecule has 0 saturated carbocycles. The van der Waals surface area contributed by atoms with Crippen molar-refractivity contribution in [3.63, 3.8) is 0 Å². The summed E-state index contributed by atoms with van der Waals surface area (Å²) in [7, 11) is -4.40. The zero-order chi connectivity index (χ0) is 15.4. The van der Waals surface area contributed by atoms with Crippen molar-refractivity contribution in [2.24, 2.45) is 0 Å². The van der Waals surface area contributed by atoms with Crippen LogP contribution in [0.4, 0.5) is 0 Å². The number of aliphatic hydroxyl groups is 1. The summed E-state index contributed by atoms with van der Waals surface area (Å²) in [6.07, 6.45) is 8.78. The Morgan fingerprint density at radius 2 is 1.29 bits per heavy atom. The summed E-state index contributed by atoms with van der Waals surface area (Å²) in [5.74, 6) is 0. The van der Waals surface area contributed by atoms with Crippen molar-refractivity contribution < 1.29 is 47.6 Å². The molecule has 0 aliphatic rings. The van der Waals surface area contributed by atoms with Crippen molar-refractivity contribution in [1.29, 1.82) is 0 Å². The third-order valence-corrected chi connectivity index (χ3v) is 5.04. The molecular formula is C15H31NaO4S. The van der Waals surface area contributed by atoms with Gasteiger partial charge < -0.3 is 9.66 Å². The van der Waals surface area contributed by atoms with Gasteiger partial charge in [-0.25, -0.2) is 8.42 Å². The fourth-order valence-corrected chi connectivity index (χ4v) is 3.42. The molecule has 2 atom stereocenters. The Hall–Kier alpha value is 0.870. The predicted octanol–water partition coefficient (Wildman–Crippen LogP) is 0.596. The Balaban J connectivity index is 0. The van der Waals surface area contributed by atoms with Crippen LogP contribution < -0.4 is 29.6 Å². The van der Waals surface area contributed by atoms with Crippen LogP contribution in [-0.4, -0.2) is 29.4 Å². The first-order valence-electron chi connectivity index (χ1n) is 8.06. The van der Waals surface area contributed by atoms with E-state index in [1.165, 1.54) is 19.3 Å². The zero-order valence-electron chi connectivity index (χ0n) is 14.0. The molecule has 0 aromatic heterocycles. The van der Waals surface area contributed by atoms with E-state index in [2.05, 4.69) is 6.92 Å². The molecule has 0 aromatic carbocycles. The van der Waals surface area contributed by atoms with Gasteiger partial charge in [-0.15, -0.1) is 0 Å². The Kier molecular flexibility index (Phi) is 16.6. The molecule has 0 aliphatic heterocycles. The fourth-order valence-electron chi connectivity index (χ4n) is 2.44. The molecular weight excluding hydrogens is 299 g/mol. The minimum Gasteiger partial charge on any atom is -0.748 e. The van der Waals surface area contributed by atoms with Gasteiger partial charge >= 0.3 is 29.6 Å². The van der Waals surface area contributed by atoms with E-state index in [4.69, 9.17) is 0 Å². The number of rotatable bonds is 13. The predicted molar refractivity (Wildman–Crippen MR) is 81.6 cm³/mol. The second-order valence-corrected chi connectivity index (χ2v) is 7.24. The van der Waals surface area contributed by atoms with E-state index < -0.39 is 21.5 Å². The molecule has 0 aromatic rings. The van der Waals surface area contributed by atoms with E-state index in [0.717, 1.165) is 32.1 Å². The molecule has 2 unspecified atom stereocenters. The minimum absolute atomic E-state index is 0. The summed E-state index contributed by atoms with van der Waals surface area (Å²) in [5.41, 5.74) is 0. The summed E-state index contributed by atoms with van der Waals surface area (Å²) in [6.45, 7) is 4.18. The molecule has 0 heterocycles. The van der Waals surface area contributed by atoms with Gasteiger partial charge in [0.1, 0.15) is 10.1 Å². The smallest absolute Gasteiger partial charge is 0.748 e. The second-order valence-electron chi connectivity index (χ2n) is 5.65. The molecule has 1 N–H and O–H groups in total. The molecule has 0 saturated heterocycles. The fraction of sp³-hybridized carbons (Fsp3) is 1.00. The number of aliphatic hydroxyl groups excluding tert-OH is 1. The van der Waals surface area contributed by atoms with Crippen molar-refractivity contribution in [2.75, 3.05) is 0 Å². The molecule has 122 valence electrons. The van der Waals surface area contributed by atoms with E-state index >= 15 is 0 Å². The standard InChI is InChI=1S/C15H32O4S.Na/c1-3-5-7-8-9-11-12-14(16)15(20(17,18)19)13-10-6-4-2;/h14-16H,3-13H2,1-2H3,(H,17,18,19);/q;+1/p-1. The van der Waals surface area contributed by atoms with Crippen molar-refractivity contribution in [3.05, 3.63) is 0 Å². The second kappa shape index (κ2) is 14.5. The molecule has 0 rings (SSSR count). The topological polar surface area (TPSA) is 77.4 Å². The zero-order valence-corrected chi connectivity index (χ0v) is 16.8. The average molecular weight is 330 g/mol. The third kappa shape index (κ3) is 13.0. The van der Waals surface area contributed by atoms with E-state index in [-0.39, 0.29) is 36.0 Å². The number of unbranched alkanes of at least 4 members (excludes halogenated alkanes) is 7. The molecule has 0 fully saturated rings. The van der Waals surface area contributed by atoms with Gasteiger partial charge in [-0.3, -0.25) is 0 Å². The van der Waals surface area contributed by atoms with Gasteiger partial charge in [0.05, 0.1) is 11.4 Å². The Bertz CT molecular complexity index is 320. The summed E-state index contributed by atoms with van der Waals surface area (Å²) < 4.78 is 33.7. The number of hydrogen-bond donors (Lipinski definition) is 1. The largest absolute Gasteiger partial charge is 1.00 e. The molecule has 4 nitrogen and oxygen atoms in total. The summed E-state index contributed by atoms with van der Waals surface area (Å²) in [5, 5.41) is 8.85. The first-order valence-corrected chi connectivity index (χ1v) is 9.53. The Morgan fingerprint density at radius 3 is 1.81 bits per heavy atom. The summed E-state index contributed by atoms with van der Waals surface area (Å²) in [4.78, 5) is 0. The molecule has 0 spiro atoms. The van der Waals surface area contributed by atoms with Gasteiger partial charge in [0.25, 0.3) is 0 Å². The van der Waals surface area contributed by atoms with Crippen LogP contribution in [-0.2, 0) is 10.1 Å². The van der Waals surface area contributed by atoms with Crippen LogP contribution in [0.2, 0.25) is 0 Å². The van der Waals surface area contributed by atoms with Crippen LogP contribution in [0.25, 0.3) is 0 Å². The van der Waals surface area contributed by atoms with E-state index in [1.54, 1.807) is 0 Å². The van der Waals surface area contributed by atoms with E-state index in [1.807, 2.05) is 6.92 Å². The van der Waals surface area contributed by atoms with Gasteiger partial charge in [0, 0.05) is 0 Å². The Morgan fingerprint density at radius 1 is 0.857 bits per heavy atom. The minimum atomic E-state index is -4.40. The van der Waals surface area contributed by atoms with E-state index in [0.29, 0.717) is 12.8 Å². The van der Waals surface area contributed by atoms with Crippen molar-refractivity contribution in [3.8, 4) is 0 Å². The Labute approximate surface area is 153 Å². The molecule has 0 radical (unpaired) electrons. The van der Waals surface area contributed by atoms with Crippen LogP contribution in [0.15, 0.2) is 0 Å². The average Bonchev–Trinajstić information content (AvgIpc) is 2.37. The van der Waals surface area contributed by atoms with Crippen molar-refractivity contribution in [1.82, 2.24) is 0 Å². The van der Waals surface area contributed by atoms with Crippen LogP contribution in [0.5, 0.6) is 0 Å². The number of hydrogen-bond acceptors (Lipinski definition) is 4. The van der Waals surface area contributed by atoms with E-state index in [9.17, 15) is 18.1 Å². The normalized spacial score (nSPS) is 14.5. The van der Waals surface area contributed by atoms with Crippen molar-refractivity contribution >= 4 is 10.1 Å². The van der Waals surface area contributed by atoms with Crippen LogP contribution in [0.3, 0.4) is 0 Å². The maximum Gasteiger partial charge on any atom is 1.00 e. The maximum atomic E-state index is 11.2. The van der Waals surface area contributed by atoms with Crippen molar-refractivity contribution in [2.45, 2.75) is 95.8 Å². The van der Waals surface area contributed by atoms with Crippen LogP contribution in [0, 0.1) is 0 Å². The van der Waals surface area contributed by atoms with Gasteiger partial charge in [0.2, 0.25) is 0 Å². The first kappa shape index (κ1) is 24.1. The summed E-state index contributed by atoms with van der Waals surface area (Å²) >= 11 is 0. The molecule has 0 amide bonds. The SMILES string of the molecule is CCCCCCCCC(O)C(CCCCC)S(=O)(=O)[O-].[Na+]. The van der Waals surface area contributed by atoms with Crippen LogP contribution >= 0.6 is 0 Å². The van der Waals surface area contributed by atoms with Gasteiger partial charge in [-0.1, -0.05) is 71.6 Å². The summed E-state index contributed by atoms with van der Waals surface area (Å²) in [6, 6.07) is 0. The van der Waals surface area contributed by atoms with Gasteiger partial charge in [-0.2, -0.15) is 0 Å². The maximum absolute atomic E-state index is 11.2. The monoisotopic (exact) mass is 330 g/mol. The quantitative estimate of drug-likeness (QED) is 0.305. The first-order chi connectivity index (χ1) is 9.43. The molecule has 21 heavy (non-hydrogen) atoms. The van der Waals surface area contributed by atoms with Crippen LogP contribution in [0.1, 0.15) is 84.5 Å². The van der Waals surface area contributed by atoms with Gasteiger partial charge in [-0.05, 0) is 12.8 Å². The molecule has 0 bridgehead atoms. The molecule has 6 heteroatoms. The third-order valence-electron chi connectivity index (χ3n) is 3.75. The van der Waals surface area contributed by atoms with Gasteiger partial charge in [0.15, 0.2) is 0 Å². The molecule has 0 aliphatic carbocycles.